The zero-order chi connectivity index (χ0) is 25.5. The number of fused-ring (bicyclic) bond motifs is 6. The predicted octanol–water partition coefficient (Wildman–Crippen LogP) is 4.16. The number of amides is 2. The molecule has 188 valence electrons. The van der Waals surface area contributed by atoms with Crippen molar-refractivity contribution in [2.75, 3.05) is 32.1 Å². The van der Waals surface area contributed by atoms with Crippen LogP contribution in [-0.4, -0.2) is 48.5 Å². The molecule has 1 aromatic heterocycles. The number of aromatic nitrogens is 1. The van der Waals surface area contributed by atoms with Gasteiger partial charge in [-0.3, -0.25) is 9.59 Å². The molecule has 6 rings (SSSR count). The van der Waals surface area contributed by atoms with Crippen LogP contribution in [0.15, 0.2) is 72.8 Å². The van der Waals surface area contributed by atoms with Crippen LogP contribution in [0.2, 0.25) is 0 Å². The molecule has 3 aromatic carbocycles. The van der Waals surface area contributed by atoms with Gasteiger partial charge in [-0.15, -0.1) is 0 Å². The third-order valence-electron chi connectivity index (χ3n) is 7.62. The molecule has 0 spiro atoms. The van der Waals surface area contributed by atoms with Crippen LogP contribution >= 0.6 is 0 Å². The largest absolute Gasteiger partial charge is 0.496 e. The summed E-state index contributed by atoms with van der Waals surface area (Å²) in [5.74, 6) is 0.816. The van der Waals surface area contributed by atoms with E-state index in [4.69, 9.17) is 4.74 Å². The van der Waals surface area contributed by atoms with E-state index in [1.165, 1.54) is 5.56 Å². The highest BCUT2D eigenvalue weighted by Gasteiger charge is 2.42. The first-order valence-corrected chi connectivity index (χ1v) is 12.7. The smallest absolute Gasteiger partial charge is 0.257 e. The topological polar surface area (TPSA) is 66.8 Å². The van der Waals surface area contributed by atoms with Crippen molar-refractivity contribution in [3.05, 3.63) is 95.2 Å². The molecule has 0 bridgehead atoms. The Morgan fingerprint density at radius 3 is 2.65 bits per heavy atom. The molecule has 4 aromatic rings. The van der Waals surface area contributed by atoms with Crippen molar-refractivity contribution in [1.82, 2.24) is 14.8 Å². The molecular formula is C30H30N4O3. The Bertz CT molecular complexity index is 1510. The van der Waals surface area contributed by atoms with E-state index < -0.39 is 0 Å². The van der Waals surface area contributed by atoms with E-state index >= 15 is 0 Å². The summed E-state index contributed by atoms with van der Waals surface area (Å²) in [6, 6.07) is 23.9. The lowest BCUT2D eigenvalue weighted by atomic mass is 9.96. The zero-order valence-corrected chi connectivity index (χ0v) is 21.1. The van der Waals surface area contributed by atoms with Gasteiger partial charge in [0.25, 0.3) is 5.91 Å². The number of carbonyl (C=O) groups is 2. The van der Waals surface area contributed by atoms with E-state index in [-0.39, 0.29) is 24.5 Å². The van der Waals surface area contributed by atoms with Gasteiger partial charge in [0.15, 0.2) is 0 Å². The minimum Gasteiger partial charge on any atom is -0.496 e. The van der Waals surface area contributed by atoms with E-state index in [9.17, 15) is 9.59 Å². The fourth-order valence-corrected chi connectivity index (χ4v) is 5.92. The lowest BCUT2D eigenvalue weighted by Gasteiger charge is -2.46. The van der Waals surface area contributed by atoms with Crippen molar-refractivity contribution >= 4 is 28.4 Å². The Morgan fingerprint density at radius 1 is 1.03 bits per heavy atom. The fourth-order valence-electron chi connectivity index (χ4n) is 5.92. The van der Waals surface area contributed by atoms with Crippen LogP contribution in [0.25, 0.3) is 10.9 Å². The molecule has 0 saturated carbocycles. The lowest BCUT2D eigenvalue weighted by Crippen LogP contribution is -2.51. The van der Waals surface area contributed by atoms with Gasteiger partial charge in [-0.25, -0.2) is 0 Å². The molecule has 7 heteroatoms. The number of ether oxygens (including phenoxy) is 1. The number of carbonyl (C=O) groups excluding carboxylic acids is 2. The molecule has 1 unspecified atom stereocenters. The number of methoxy groups -OCH3 is 1. The van der Waals surface area contributed by atoms with Gasteiger partial charge in [0, 0.05) is 31.0 Å². The normalized spacial score (nSPS) is 16.3. The van der Waals surface area contributed by atoms with Crippen LogP contribution < -0.4 is 15.0 Å². The van der Waals surface area contributed by atoms with Gasteiger partial charge in [0.05, 0.1) is 24.1 Å². The Kier molecular flexibility index (Phi) is 5.83. The van der Waals surface area contributed by atoms with Crippen molar-refractivity contribution in [2.45, 2.75) is 25.6 Å². The third kappa shape index (κ3) is 3.82. The molecule has 0 radical (unpaired) electrons. The van der Waals surface area contributed by atoms with E-state index in [1.807, 2.05) is 72.6 Å². The molecule has 2 amide bonds. The summed E-state index contributed by atoms with van der Waals surface area (Å²) in [7, 11) is 3.69. The first-order valence-electron chi connectivity index (χ1n) is 12.7. The summed E-state index contributed by atoms with van der Waals surface area (Å²) < 4.78 is 7.55. The lowest BCUT2D eigenvalue weighted by molar-refractivity contribution is -0.121. The molecule has 0 saturated heterocycles. The highest BCUT2D eigenvalue weighted by atomic mass is 16.5. The Hall–Kier alpha value is -4.26. The molecule has 7 nitrogen and oxygen atoms in total. The number of benzene rings is 3. The van der Waals surface area contributed by atoms with Crippen LogP contribution in [-0.2, 0) is 24.2 Å². The number of rotatable bonds is 6. The second-order valence-electron chi connectivity index (χ2n) is 9.63. The molecule has 0 fully saturated rings. The molecule has 0 aliphatic carbocycles. The highest BCUT2D eigenvalue weighted by Crippen LogP contribution is 2.44. The average Bonchev–Trinajstić information content (AvgIpc) is 3.25. The van der Waals surface area contributed by atoms with Gasteiger partial charge in [-0.2, -0.15) is 0 Å². The summed E-state index contributed by atoms with van der Waals surface area (Å²) in [6.07, 6.45) is 1.18. The van der Waals surface area contributed by atoms with Gasteiger partial charge in [0.2, 0.25) is 5.91 Å². The minimum atomic E-state index is -0.264. The Balaban J connectivity index is 1.32. The first-order chi connectivity index (χ1) is 18.1. The summed E-state index contributed by atoms with van der Waals surface area (Å²) in [5, 5.41) is 4.24. The number of nitrogens with one attached hydrogen (secondary N) is 1. The number of hydrogen-bond acceptors (Lipinski definition) is 4. The van der Waals surface area contributed by atoms with Crippen molar-refractivity contribution < 1.29 is 14.3 Å². The van der Waals surface area contributed by atoms with Gasteiger partial charge >= 0.3 is 0 Å². The molecule has 37 heavy (non-hydrogen) atoms. The quantitative estimate of drug-likeness (QED) is 0.437. The van der Waals surface area contributed by atoms with Crippen LogP contribution in [0.5, 0.6) is 5.75 Å². The maximum atomic E-state index is 13.5. The summed E-state index contributed by atoms with van der Waals surface area (Å²) in [4.78, 5) is 30.8. The average molecular weight is 495 g/mol. The van der Waals surface area contributed by atoms with Crippen LogP contribution in [0.3, 0.4) is 0 Å². The summed E-state index contributed by atoms with van der Waals surface area (Å²) in [6.45, 7) is 1.35. The predicted molar refractivity (Wildman–Crippen MR) is 144 cm³/mol. The summed E-state index contributed by atoms with van der Waals surface area (Å²) in [5.41, 5.74) is 5.97. The molecular weight excluding hydrogens is 464 g/mol. The van der Waals surface area contributed by atoms with Crippen molar-refractivity contribution in [2.24, 2.45) is 0 Å². The van der Waals surface area contributed by atoms with E-state index in [0.29, 0.717) is 19.5 Å². The van der Waals surface area contributed by atoms with E-state index in [1.54, 1.807) is 7.11 Å². The van der Waals surface area contributed by atoms with Gasteiger partial charge in [-0.05, 0) is 48.2 Å². The van der Waals surface area contributed by atoms with Crippen LogP contribution in [0.1, 0.15) is 33.3 Å². The van der Waals surface area contributed by atoms with Crippen molar-refractivity contribution in [1.29, 1.82) is 0 Å². The van der Waals surface area contributed by atoms with Crippen LogP contribution in [0.4, 0.5) is 5.69 Å². The number of anilines is 1. The summed E-state index contributed by atoms with van der Waals surface area (Å²) >= 11 is 0. The van der Waals surface area contributed by atoms with Gasteiger partial charge in [0.1, 0.15) is 18.5 Å². The monoisotopic (exact) mass is 494 g/mol. The Labute approximate surface area is 216 Å². The maximum absolute atomic E-state index is 13.5. The van der Waals surface area contributed by atoms with Crippen molar-refractivity contribution in [3.63, 3.8) is 0 Å². The maximum Gasteiger partial charge on any atom is 0.257 e. The second-order valence-corrected chi connectivity index (χ2v) is 9.63. The SMILES string of the molecule is COc1ccccc1CCNC(=O)Cn1c2c(c3ccccc31)CCN1C(=O)c3ccccc3N(C)C21. The number of para-hydroxylation sites is 3. The molecule has 3 heterocycles. The standard InChI is InChI=1S/C30H30N4O3/c1-32-24-12-6-5-11-23(24)30(36)33-18-16-22-21-10-4-7-13-25(21)34(28(22)29(32)33)19-27(35)31-17-15-20-9-3-8-14-26(20)37-2/h3-14,29H,15-19H2,1-2H3,(H,31,35). The van der Waals surface area contributed by atoms with E-state index in [2.05, 4.69) is 26.9 Å². The fraction of sp³-hybridized carbons (Fsp3) is 0.267. The first kappa shape index (κ1) is 23.2. The van der Waals surface area contributed by atoms with E-state index in [0.717, 1.165) is 45.6 Å². The zero-order valence-electron chi connectivity index (χ0n) is 21.1. The number of nitrogens with zero attached hydrogens (tertiary/aromatic N) is 3. The van der Waals surface area contributed by atoms with Gasteiger partial charge in [-0.1, -0.05) is 48.5 Å². The molecule has 2 aliphatic heterocycles. The van der Waals surface area contributed by atoms with Crippen LogP contribution in [0, 0.1) is 0 Å². The molecule has 2 aliphatic rings. The molecule has 1 N–H and O–H groups in total. The second kappa shape index (κ2) is 9.32. The van der Waals surface area contributed by atoms with Crippen molar-refractivity contribution in [3.8, 4) is 5.75 Å². The molecule has 1 atom stereocenters. The Morgan fingerprint density at radius 2 is 1.78 bits per heavy atom. The third-order valence-corrected chi connectivity index (χ3v) is 7.62. The number of hydrogen-bond donors (Lipinski definition) is 1. The minimum absolute atomic E-state index is 0.0439. The van der Waals surface area contributed by atoms with Gasteiger partial charge < -0.3 is 24.4 Å². The highest BCUT2D eigenvalue weighted by molar-refractivity contribution is 6.02.